The van der Waals surface area contributed by atoms with Gasteiger partial charge in [-0.15, -0.1) is 0 Å². The van der Waals surface area contributed by atoms with Crippen LogP contribution in [-0.4, -0.2) is 37.0 Å². The quantitative estimate of drug-likeness (QED) is 0.840. The van der Waals surface area contributed by atoms with E-state index in [9.17, 15) is 4.79 Å². The lowest BCUT2D eigenvalue weighted by Crippen LogP contribution is -2.46. The number of hydrogen-bond donors (Lipinski definition) is 1. The Balaban J connectivity index is 2.18. The van der Waals surface area contributed by atoms with Crippen LogP contribution in [0.2, 0.25) is 0 Å². The number of hydrogen-bond acceptors (Lipinski definition) is 2. The van der Waals surface area contributed by atoms with Gasteiger partial charge in [-0.05, 0) is 30.5 Å². The molecule has 0 atom stereocenters. The summed E-state index contributed by atoms with van der Waals surface area (Å²) in [7, 11) is 0. The fourth-order valence-corrected chi connectivity index (χ4v) is 2.22. The Morgan fingerprint density at radius 1 is 1.35 bits per heavy atom. The summed E-state index contributed by atoms with van der Waals surface area (Å²) in [5.74, 6) is 0.173. The molecule has 17 heavy (non-hydrogen) atoms. The lowest BCUT2D eigenvalue weighted by atomic mass is 10.0. The van der Waals surface area contributed by atoms with E-state index in [-0.39, 0.29) is 5.91 Å². The van der Waals surface area contributed by atoms with Crippen LogP contribution < -0.4 is 5.32 Å². The van der Waals surface area contributed by atoms with E-state index in [1.54, 1.807) is 0 Å². The normalized spacial score (nSPS) is 16.0. The largest absolute Gasteiger partial charge is 0.336 e. The number of amides is 1. The fraction of sp³-hybridized carbons (Fsp3) is 0.500. The van der Waals surface area contributed by atoms with Crippen molar-refractivity contribution in [2.45, 2.75) is 20.3 Å². The molecule has 0 radical (unpaired) electrons. The smallest absolute Gasteiger partial charge is 0.254 e. The number of aryl methyl sites for hydroxylation is 2. The molecule has 0 bridgehead atoms. The summed E-state index contributed by atoms with van der Waals surface area (Å²) in [6.07, 6.45) is 1.02. The highest BCUT2D eigenvalue weighted by Crippen LogP contribution is 2.14. The van der Waals surface area contributed by atoms with E-state index in [2.05, 4.69) is 24.4 Å². The number of rotatable bonds is 2. The molecule has 1 aromatic carbocycles. The summed E-state index contributed by atoms with van der Waals surface area (Å²) in [6.45, 7) is 7.58. The second-order valence-electron chi connectivity index (χ2n) is 4.55. The summed E-state index contributed by atoms with van der Waals surface area (Å²) in [5, 5.41) is 3.26. The van der Waals surface area contributed by atoms with Crippen LogP contribution in [0.25, 0.3) is 0 Å². The van der Waals surface area contributed by atoms with Crippen molar-refractivity contribution in [3.05, 3.63) is 34.9 Å². The van der Waals surface area contributed by atoms with E-state index in [4.69, 9.17) is 0 Å². The van der Waals surface area contributed by atoms with Crippen LogP contribution in [0.3, 0.4) is 0 Å². The standard InChI is InChI=1S/C14H20N2O/c1-3-12-4-5-13(11(2)10-12)14(17)16-8-6-15-7-9-16/h4-5,10,15H,3,6-9H2,1-2H3. The van der Waals surface area contributed by atoms with Gasteiger partial charge >= 0.3 is 0 Å². The van der Waals surface area contributed by atoms with Gasteiger partial charge in [0, 0.05) is 31.7 Å². The maximum absolute atomic E-state index is 12.3. The molecule has 1 N–H and O–H groups in total. The van der Waals surface area contributed by atoms with Gasteiger partial charge in [-0.1, -0.05) is 19.1 Å². The third kappa shape index (κ3) is 2.67. The number of nitrogens with zero attached hydrogens (tertiary/aromatic N) is 1. The number of piperazine rings is 1. The first-order chi connectivity index (χ1) is 8.22. The van der Waals surface area contributed by atoms with E-state index < -0.39 is 0 Å². The van der Waals surface area contributed by atoms with Crippen LogP contribution in [0.15, 0.2) is 18.2 Å². The molecule has 1 aromatic rings. The highest BCUT2D eigenvalue weighted by atomic mass is 16.2. The molecule has 0 unspecified atom stereocenters. The van der Waals surface area contributed by atoms with Gasteiger partial charge in [0.05, 0.1) is 0 Å². The van der Waals surface area contributed by atoms with Crippen LogP contribution >= 0.6 is 0 Å². The number of benzene rings is 1. The van der Waals surface area contributed by atoms with Crippen molar-refractivity contribution in [2.24, 2.45) is 0 Å². The Bertz CT molecular complexity index is 409. The zero-order chi connectivity index (χ0) is 12.3. The minimum atomic E-state index is 0.173. The molecule has 92 valence electrons. The lowest BCUT2D eigenvalue weighted by Gasteiger charge is -2.28. The number of carbonyl (C=O) groups is 1. The monoisotopic (exact) mass is 232 g/mol. The second-order valence-corrected chi connectivity index (χ2v) is 4.55. The Morgan fingerprint density at radius 2 is 2.06 bits per heavy atom. The first-order valence-electron chi connectivity index (χ1n) is 6.32. The van der Waals surface area contributed by atoms with Crippen molar-refractivity contribution >= 4 is 5.91 Å². The molecule has 2 rings (SSSR count). The van der Waals surface area contributed by atoms with Gasteiger partial charge in [-0.2, -0.15) is 0 Å². The summed E-state index contributed by atoms with van der Waals surface area (Å²) < 4.78 is 0. The molecule has 0 spiro atoms. The van der Waals surface area contributed by atoms with Crippen LogP contribution in [0.1, 0.15) is 28.4 Å². The van der Waals surface area contributed by atoms with Crippen LogP contribution in [0.5, 0.6) is 0 Å². The van der Waals surface area contributed by atoms with Crippen molar-refractivity contribution < 1.29 is 4.79 Å². The molecule has 1 aliphatic rings. The SMILES string of the molecule is CCc1ccc(C(=O)N2CCNCC2)c(C)c1. The van der Waals surface area contributed by atoms with Gasteiger partial charge in [-0.25, -0.2) is 0 Å². The Labute approximate surface area is 103 Å². The molecule has 3 nitrogen and oxygen atoms in total. The Morgan fingerprint density at radius 3 is 2.65 bits per heavy atom. The first kappa shape index (κ1) is 12.1. The van der Waals surface area contributed by atoms with Crippen LogP contribution in [0.4, 0.5) is 0 Å². The van der Waals surface area contributed by atoms with E-state index in [0.717, 1.165) is 43.7 Å². The van der Waals surface area contributed by atoms with E-state index >= 15 is 0 Å². The Kier molecular flexibility index (Phi) is 3.79. The molecular formula is C14H20N2O. The summed E-state index contributed by atoms with van der Waals surface area (Å²) in [5.41, 5.74) is 3.23. The minimum Gasteiger partial charge on any atom is -0.336 e. The zero-order valence-electron chi connectivity index (χ0n) is 10.6. The number of nitrogens with one attached hydrogen (secondary N) is 1. The van der Waals surface area contributed by atoms with Crippen LogP contribution in [0, 0.1) is 6.92 Å². The summed E-state index contributed by atoms with van der Waals surface area (Å²) >= 11 is 0. The molecule has 1 fully saturated rings. The number of carbonyl (C=O) groups excluding carboxylic acids is 1. The highest BCUT2D eigenvalue weighted by Gasteiger charge is 2.19. The van der Waals surface area contributed by atoms with Gasteiger partial charge < -0.3 is 10.2 Å². The third-order valence-corrected chi connectivity index (χ3v) is 3.33. The summed E-state index contributed by atoms with van der Waals surface area (Å²) in [6, 6.07) is 6.15. The molecule has 0 aliphatic carbocycles. The van der Waals surface area contributed by atoms with Crippen molar-refractivity contribution in [1.29, 1.82) is 0 Å². The van der Waals surface area contributed by atoms with Crippen molar-refractivity contribution in [3.8, 4) is 0 Å². The van der Waals surface area contributed by atoms with Crippen molar-refractivity contribution in [1.82, 2.24) is 10.2 Å². The molecule has 1 aliphatic heterocycles. The highest BCUT2D eigenvalue weighted by molar-refractivity contribution is 5.95. The third-order valence-electron chi connectivity index (χ3n) is 3.33. The average Bonchev–Trinajstić information content (AvgIpc) is 2.39. The molecule has 0 aromatic heterocycles. The first-order valence-corrected chi connectivity index (χ1v) is 6.32. The maximum atomic E-state index is 12.3. The molecule has 3 heteroatoms. The predicted octanol–water partition coefficient (Wildman–Crippen LogP) is 1.60. The molecule has 1 saturated heterocycles. The molecule has 1 amide bonds. The van der Waals surface area contributed by atoms with Crippen LogP contribution in [-0.2, 0) is 6.42 Å². The molecule has 0 saturated carbocycles. The van der Waals surface area contributed by atoms with Gasteiger partial charge in [0.25, 0.3) is 5.91 Å². The second kappa shape index (κ2) is 5.32. The lowest BCUT2D eigenvalue weighted by molar-refractivity contribution is 0.0735. The average molecular weight is 232 g/mol. The van der Waals surface area contributed by atoms with Gasteiger partial charge in [0.15, 0.2) is 0 Å². The topological polar surface area (TPSA) is 32.3 Å². The Hall–Kier alpha value is -1.35. The van der Waals surface area contributed by atoms with E-state index in [1.807, 2.05) is 17.9 Å². The summed E-state index contributed by atoms with van der Waals surface area (Å²) in [4.78, 5) is 14.3. The van der Waals surface area contributed by atoms with Crippen molar-refractivity contribution in [3.63, 3.8) is 0 Å². The zero-order valence-corrected chi connectivity index (χ0v) is 10.6. The molecule has 1 heterocycles. The molecular weight excluding hydrogens is 212 g/mol. The van der Waals surface area contributed by atoms with Gasteiger partial charge in [0.1, 0.15) is 0 Å². The van der Waals surface area contributed by atoms with Crippen molar-refractivity contribution in [2.75, 3.05) is 26.2 Å². The van der Waals surface area contributed by atoms with Gasteiger partial charge in [-0.3, -0.25) is 4.79 Å². The fourth-order valence-electron chi connectivity index (χ4n) is 2.22. The van der Waals surface area contributed by atoms with E-state index in [0.29, 0.717) is 0 Å². The van der Waals surface area contributed by atoms with E-state index in [1.165, 1.54) is 5.56 Å². The predicted molar refractivity (Wildman–Crippen MR) is 69.3 cm³/mol. The maximum Gasteiger partial charge on any atom is 0.254 e. The van der Waals surface area contributed by atoms with Gasteiger partial charge in [0.2, 0.25) is 0 Å². The minimum absolute atomic E-state index is 0.173.